The van der Waals surface area contributed by atoms with Crippen molar-refractivity contribution in [2.24, 2.45) is 4.99 Å². The standard InChI is InChI=1S/C6H9NO3/c1-3(8)5-6(9)10-4(2)7-5/h3,5,8H,1-2H3/t3-,5?/m1/s1. The molecule has 0 aromatic heterocycles. The highest BCUT2D eigenvalue weighted by molar-refractivity contribution is 5.96. The molecule has 0 spiro atoms. The van der Waals surface area contributed by atoms with Crippen molar-refractivity contribution in [1.82, 2.24) is 0 Å². The Bertz CT molecular complexity index is 185. The topological polar surface area (TPSA) is 58.9 Å². The summed E-state index contributed by atoms with van der Waals surface area (Å²) in [7, 11) is 0. The Morgan fingerprint density at radius 3 is 2.60 bits per heavy atom. The Hall–Kier alpha value is -0.900. The molecule has 0 saturated heterocycles. The zero-order valence-electron chi connectivity index (χ0n) is 5.87. The van der Waals surface area contributed by atoms with Crippen molar-refractivity contribution in [3.63, 3.8) is 0 Å². The van der Waals surface area contributed by atoms with Gasteiger partial charge in [-0.2, -0.15) is 0 Å². The Labute approximate surface area is 58.5 Å². The van der Waals surface area contributed by atoms with Gasteiger partial charge in [-0.25, -0.2) is 9.79 Å². The summed E-state index contributed by atoms with van der Waals surface area (Å²) in [6, 6.07) is -0.708. The summed E-state index contributed by atoms with van der Waals surface area (Å²) < 4.78 is 4.59. The van der Waals surface area contributed by atoms with Crippen LogP contribution in [0, 0.1) is 0 Å². The zero-order valence-corrected chi connectivity index (χ0v) is 5.87. The Kier molecular flexibility index (Phi) is 1.72. The normalized spacial score (nSPS) is 27.7. The fourth-order valence-electron chi connectivity index (χ4n) is 0.786. The van der Waals surface area contributed by atoms with Crippen molar-refractivity contribution in [3.05, 3.63) is 0 Å². The van der Waals surface area contributed by atoms with E-state index < -0.39 is 18.1 Å². The molecule has 1 N–H and O–H groups in total. The molecule has 0 fully saturated rings. The monoisotopic (exact) mass is 143 g/mol. The second-order valence-corrected chi connectivity index (χ2v) is 2.25. The van der Waals surface area contributed by atoms with Crippen LogP contribution in [-0.2, 0) is 9.53 Å². The fraction of sp³-hybridized carbons (Fsp3) is 0.667. The predicted molar refractivity (Wildman–Crippen MR) is 34.7 cm³/mol. The van der Waals surface area contributed by atoms with Crippen molar-refractivity contribution in [1.29, 1.82) is 0 Å². The summed E-state index contributed by atoms with van der Waals surface area (Å²) in [4.78, 5) is 14.5. The number of esters is 1. The van der Waals surface area contributed by atoms with Crippen LogP contribution in [0.2, 0.25) is 0 Å². The largest absolute Gasteiger partial charge is 0.411 e. The third-order valence-corrected chi connectivity index (χ3v) is 1.27. The predicted octanol–water partition coefficient (Wildman–Crippen LogP) is -0.289. The lowest BCUT2D eigenvalue weighted by atomic mass is 10.2. The van der Waals surface area contributed by atoms with Crippen molar-refractivity contribution < 1.29 is 14.6 Å². The maximum Gasteiger partial charge on any atom is 0.340 e. The molecule has 1 unspecified atom stereocenters. The molecule has 0 saturated carbocycles. The number of rotatable bonds is 1. The van der Waals surface area contributed by atoms with Gasteiger partial charge in [0, 0.05) is 6.92 Å². The van der Waals surface area contributed by atoms with E-state index in [1.165, 1.54) is 6.92 Å². The van der Waals surface area contributed by atoms with Crippen LogP contribution < -0.4 is 0 Å². The first kappa shape index (κ1) is 7.21. The van der Waals surface area contributed by atoms with Gasteiger partial charge in [-0.05, 0) is 6.92 Å². The van der Waals surface area contributed by atoms with Crippen molar-refractivity contribution >= 4 is 11.9 Å². The number of hydrogen-bond acceptors (Lipinski definition) is 4. The van der Waals surface area contributed by atoms with E-state index in [0.29, 0.717) is 5.90 Å². The summed E-state index contributed by atoms with van der Waals surface area (Å²) in [6.45, 7) is 3.09. The SMILES string of the molecule is CC1=NC([C@@H](C)O)C(=O)O1. The molecule has 4 nitrogen and oxygen atoms in total. The fourth-order valence-corrected chi connectivity index (χ4v) is 0.786. The molecule has 0 aliphatic carbocycles. The van der Waals surface area contributed by atoms with E-state index in [4.69, 9.17) is 5.11 Å². The van der Waals surface area contributed by atoms with E-state index in [0.717, 1.165) is 0 Å². The lowest BCUT2D eigenvalue weighted by Gasteiger charge is -2.04. The van der Waals surface area contributed by atoms with Crippen LogP contribution in [0.25, 0.3) is 0 Å². The number of carbonyl (C=O) groups is 1. The van der Waals surface area contributed by atoms with Crippen LogP contribution in [0.4, 0.5) is 0 Å². The van der Waals surface area contributed by atoms with Gasteiger partial charge < -0.3 is 9.84 Å². The van der Waals surface area contributed by atoms with Gasteiger partial charge in [0.05, 0.1) is 6.10 Å². The molecule has 2 atom stereocenters. The summed E-state index contributed by atoms with van der Waals surface area (Å²) in [5.74, 6) is -0.136. The van der Waals surface area contributed by atoms with E-state index in [1.807, 2.05) is 0 Å². The summed E-state index contributed by atoms with van der Waals surface area (Å²) in [6.07, 6.45) is -0.759. The molecule has 0 aromatic rings. The number of ether oxygens (including phenoxy) is 1. The minimum atomic E-state index is -0.759. The second-order valence-electron chi connectivity index (χ2n) is 2.25. The van der Waals surface area contributed by atoms with Gasteiger partial charge in [-0.15, -0.1) is 0 Å². The van der Waals surface area contributed by atoms with Gasteiger partial charge in [0.1, 0.15) is 0 Å². The van der Waals surface area contributed by atoms with Gasteiger partial charge in [0.25, 0.3) is 0 Å². The molecule has 1 rings (SSSR count). The first-order valence-corrected chi connectivity index (χ1v) is 3.05. The molecular formula is C6H9NO3. The van der Waals surface area contributed by atoms with Crippen LogP contribution in [0.3, 0.4) is 0 Å². The van der Waals surface area contributed by atoms with Crippen LogP contribution in [0.15, 0.2) is 4.99 Å². The second kappa shape index (κ2) is 2.38. The number of nitrogens with zero attached hydrogens (tertiary/aromatic N) is 1. The number of aliphatic hydroxyl groups excluding tert-OH is 1. The first-order chi connectivity index (χ1) is 4.61. The molecule has 1 aliphatic heterocycles. The molecule has 0 bridgehead atoms. The van der Waals surface area contributed by atoms with Gasteiger partial charge in [-0.3, -0.25) is 0 Å². The smallest absolute Gasteiger partial charge is 0.340 e. The van der Waals surface area contributed by atoms with Crippen LogP contribution in [0.1, 0.15) is 13.8 Å². The van der Waals surface area contributed by atoms with Crippen LogP contribution in [0.5, 0.6) is 0 Å². The maximum absolute atomic E-state index is 10.7. The molecule has 0 amide bonds. The average Bonchev–Trinajstić information content (AvgIpc) is 2.10. The van der Waals surface area contributed by atoms with E-state index >= 15 is 0 Å². The molecule has 10 heavy (non-hydrogen) atoms. The summed E-state index contributed by atoms with van der Waals surface area (Å²) in [5, 5.41) is 8.93. The Morgan fingerprint density at radius 1 is 1.80 bits per heavy atom. The average molecular weight is 143 g/mol. The number of aliphatic hydroxyl groups is 1. The number of aliphatic imine (C=N–C) groups is 1. The number of hydrogen-bond donors (Lipinski definition) is 1. The molecule has 1 aliphatic rings. The Morgan fingerprint density at radius 2 is 2.40 bits per heavy atom. The summed E-state index contributed by atoms with van der Waals surface area (Å²) in [5.41, 5.74) is 0. The highest BCUT2D eigenvalue weighted by Crippen LogP contribution is 2.09. The van der Waals surface area contributed by atoms with Crippen molar-refractivity contribution in [2.75, 3.05) is 0 Å². The van der Waals surface area contributed by atoms with Crippen LogP contribution >= 0.6 is 0 Å². The molecule has 0 radical (unpaired) electrons. The minimum absolute atomic E-state index is 0.330. The van der Waals surface area contributed by atoms with Gasteiger partial charge in [-0.1, -0.05) is 0 Å². The molecule has 0 aromatic carbocycles. The Balaban J connectivity index is 2.69. The van der Waals surface area contributed by atoms with Gasteiger partial charge >= 0.3 is 5.97 Å². The van der Waals surface area contributed by atoms with E-state index in [9.17, 15) is 4.79 Å². The van der Waals surface area contributed by atoms with Crippen molar-refractivity contribution in [3.8, 4) is 0 Å². The molecule has 1 heterocycles. The van der Waals surface area contributed by atoms with Crippen LogP contribution in [-0.4, -0.2) is 29.1 Å². The van der Waals surface area contributed by atoms with Gasteiger partial charge in [0.15, 0.2) is 11.9 Å². The lowest BCUT2D eigenvalue weighted by Crippen LogP contribution is -2.27. The third-order valence-electron chi connectivity index (χ3n) is 1.27. The highest BCUT2D eigenvalue weighted by atomic mass is 16.6. The molecular weight excluding hydrogens is 134 g/mol. The number of carbonyl (C=O) groups excluding carboxylic acids is 1. The summed E-state index contributed by atoms with van der Waals surface area (Å²) >= 11 is 0. The van der Waals surface area contributed by atoms with Crippen molar-refractivity contribution in [2.45, 2.75) is 26.0 Å². The highest BCUT2D eigenvalue weighted by Gasteiger charge is 2.30. The molecule has 56 valence electrons. The van der Waals surface area contributed by atoms with Gasteiger partial charge in [0.2, 0.25) is 0 Å². The quantitative estimate of drug-likeness (QED) is 0.513. The lowest BCUT2D eigenvalue weighted by molar-refractivity contribution is -0.137. The maximum atomic E-state index is 10.7. The van der Waals surface area contributed by atoms with E-state index in [1.54, 1.807) is 6.92 Å². The van der Waals surface area contributed by atoms with E-state index in [-0.39, 0.29) is 0 Å². The minimum Gasteiger partial charge on any atom is -0.411 e. The third kappa shape index (κ3) is 1.16. The van der Waals surface area contributed by atoms with E-state index in [2.05, 4.69) is 9.73 Å². The number of cyclic esters (lactones) is 1. The molecule has 4 heteroatoms. The zero-order chi connectivity index (χ0) is 7.72. The first-order valence-electron chi connectivity index (χ1n) is 3.05.